The molecular formula is C17H21N3O4S. The third kappa shape index (κ3) is 3.84. The van der Waals surface area contributed by atoms with E-state index in [1.54, 1.807) is 0 Å². The number of rotatable bonds is 4. The molecule has 0 radical (unpaired) electrons. The van der Waals surface area contributed by atoms with Crippen molar-refractivity contribution in [3.63, 3.8) is 0 Å². The van der Waals surface area contributed by atoms with Crippen molar-refractivity contribution in [1.29, 1.82) is 0 Å². The lowest BCUT2D eigenvalue weighted by molar-refractivity contribution is -0.146. The number of aromatic nitrogens is 1. The maximum Gasteiger partial charge on any atom is 0.311 e. The quantitative estimate of drug-likeness (QED) is 0.772. The summed E-state index contributed by atoms with van der Waals surface area (Å²) in [5.74, 6) is -1.40. The Kier molecular flexibility index (Phi) is 4.80. The summed E-state index contributed by atoms with van der Waals surface area (Å²) in [5, 5.41) is 3.71. The van der Waals surface area contributed by atoms with Gasteiger partial charge in [0.1, 0.15) is 0 Å². The number of aromatic amines is 1. The van der Waals surface area contributed by atoms with E-state index in [2.05, 4.69) is 10.3 Å². The molecule has 2 N–H and O–H groups in total. The Bertz CT molecular complexity index is 904. The first-order chi connectivity index (χ1) is 11.9. The molecule has 1 aliphatic rings. The maximum absolute atomic E-state index is 12.2. The van der Waals surface area contributed by atoms with E-state index in [0.717, 1.165) is 16.5 Å². The first-order valence-corrected chi connectivity index (χ1v) is 10.00. The van der Waals surface area contributed by atoms with E-state index in [4.69, 9.17) is 0 Å². The molecule has 25 heavy (non-hydrogen) atoms. The molecule has 1 aliphatic heterocycles. The molecule has 1 saturated heterocycles. The highest BCUT2D eigenvalue weighted by Gasteiger charge is 2.34. The van der Waals surface area contributed by atoms with Gasteiger partial charge in [-0.15, -0.1) is 0 Å². The molecule has 2 aromatic rings. The zero-order valence-corrected chi connectivity index (χ0v) is 14.8. The van der Waals surface area contributed by atoms with Gasteiger partial charge in [0.15, 0.2) is 9.84 Å². The lowest BCUT2D eigenvalue weighted by Gasteiger charge is -2.22. The van der Waals surface area contributed by atoms with Gasteiger partial charge < -0.3 is 15.2 Å². The molecule has 0 aliphatic carbocycles. The fourth-order valence-corrected chi connectivity index (χ4v) is 4.91. The molecule has 1 aromatic heterocycles. The van der Waals surface area contributed by atoms with Crippen LogP contribution in [0.15, 0.2) is 30.5 Å². The van der Waals surface area contributed by atoms with Gasteiger partial charge in [0.2, 0.25) is 0 Å². The summed E-state index contributed by atoms with van der Waals surface area (Å²) < 4.78 is 23.0. The Labute approximate surface area is 146 Å². The number of para-hydroxylation sites is 1. The van der Waals surface area contributed by atoms with Crippen LogP contribution in [0.25, 0.3) is 10.9 Å². The third-order valence-electron chi connectivity index (χ3n) is 4.63. The van der Waals surface area contributed by atoms with Crippen molar-refractivity contribution >= 4 is 32.6 Å². The molecular weight excluding hydrogens is 342 g/mol. The fraction of sp³-hybridized carbons (Fsp3) is 0.412. The number of H-pyrrole nitrogens is 1. The number of nitrogens with zero attached hydrogens (tertiary/aromatic N) is 1. The largest absolute Gasteiger partial charge is 0.361 e. The van der Waals surface area contributed by atoms with Gasteiger partial charge in [0.25, 0.3) is 0 Å². The van der Waals surface area contributed by atoms with Crippen LogP contribution in [0.1, 0.15) is 12.0 Å². The summed E-state index contributed by atoms with van der Waals surface area (Å²) in [6.07, 6.45) is 2.88. The first-order valence-electron chi connectivity index (χ1n) is 8.18. The molecule has 1 aromatic carbocycles. The number of nitrogens with one attached hydrogen (secondary N) is 2. The van der Waals surface area contributed by atoms with Gasteiger partial charge in [-0.05, 0) is 24.5 Å². The second-order valence-electron chi connectivity index (χ2n) is 6.34. The number of benzene rings is 1. The van der Waals surface area contributed by atoms with E-state index in [0.29, 0.717) is 19.4 Å². The average Bonchev–Trinajstić information content (AvgIpc) is 3.16. The minimum atomic E-state index is -3.10. The average molecular weight is 363 g/mol. The standard InChI is InChI=1S/C17H21N3O4S/c1-20(13-7-9-25(23,24)11-13)17(22)16(21)18-8-6-12-10-19-15-5-3-2-4-14(12)15/h2-5,10,13,19H,6-9,11H2,1H3,(H,18,21). The zero-order chi connectivity index (χ0) is 18.0. The first kappa shape index (κ1) is 17.5. The number of amides is 2. The molecule has 0 bridgehead atoms. The minimum absolute atomic E-state index is 0.0669. The fourth-order valence-electron chi connectivity index (χ4n) is 3.13. The molecule has 2 amide bonds. The highest BCUT2D eigenvalue weighted by Crippen LogP contribution is 2.18. The maximum atomic E-state index is 12.2. The van der Waals surface area contributed by atoms with E-state index in [9.17, 15) is 18.0 Å². The van der Waals surface area contributed by atoms with Gasteiger partial charge in [-0.25, -0.2) is 8.42 Å². The van der Waals surface area contributed by atoms with Gasteiger partial charge in [-0.1, -0.05) is 18.2 Å². The second-order valence-corrected chi connectivity index (χ2v) is 8.57. The van der Waals surface area contributed by atoms with E-state index >= 15 is 0 Å². The number of likely N-dealkylation sites (N-methyl/N-ethyl adjacent to an activating group) is 1. The van der Waals surface area contributed by atoms with Crippen molar-refractivity contribution in [3.8, 4) is 0 Å². The Balaban J connectivity index is 1.53. The highest BCUT2D eigenvalue weighted by molar-refractivity contribution is 7.91. The van der Waals surface area contributed by atoms with E-state index in [1.807, 2.05) is 30.5 Å². The van der Waals surface area contributed by atoms with Crippen LogP contribution in [-0.4, -0.2) is 61.3 Å². The predicted molar refractivity (Wildman–Crippen MR) is 94.8 cm³/mol. The van der Waals surface area contributed by atoms with Crippen molar-refractivity contribution in [2.24, 2.45) is 0 Å². The number of hydrogen-bond acceptors (Lipinski definition) is 4. The highest BCUT2D eigenvalue weighted by atomic mass is 32.2. The molecule has 1 unspecified atom stereocenters. The van der Waals surface area contributed by atoms with Crippen molar-refractivity contribution in [3.05, 3.63) is 36.0 Å². The molecule has 0 spiro atoms. The normalized spacial score (nSPS) is 19.0. The van der Waals surface area contributed by atoms with Crippen molar-refractivity contribution in [1.82, 2.24) is 15.2 Å². The Morgan fingerprint density at radius 3 is 2.80 bits per heavy atom. The Morgan fingerprint density at radius 2 is 2.08 bits per heavy atom. The van der Waals surface area contributed by atoms with Gasteiger partial charge in [-0.2, -0.15) is 0 Å². The van der Waals surface area contributed by atoms with E-state index in [-0.39, 0.29) is 11.5 Å². The molecule has 2 heterocycles. The molecule has 8 heteroatoms. The van der Waals surface area contributed by atoms with Crippen molar-refractivity contribution in [2.75, 3.05) is 25.1 Å². The van der Waals surface area contributed by atoms with Crippen LogP contribution in [0, 0.1) is 0 Å². The minimum Gasteiger partial charge on any atom is -0.361 e. The molecule has 134 valence electrons. The van der Waals surface area contributed by atoms with Gasteiger partial charge in [0, 0.05) is 36.7 Å². The number of sulfone groups is 1. The van der Waals surface area contributed by atoms with Gasteiger partial charge in [0.05, 0.1) is 11.5 Å². The Hall–Kier alpha value is -2.35. The smallest absolute Gasteiger partial charge is 0.311 e. The summed E-state index contributed by atoms with van der Waals surface area (Å²) in [6.45, 7) is 0.337. The van der Waals surface area contributed by atoms with Gasteiger partial charge in [-0.3, -0.25) is 9.59 Å². The number of hydrogen-bond donors (Lipinski definition) is 2. The SMILES string of the molecule is CN(C(=O)C(=O)NCCc1c[nH]c2ccccc12)C1CCS(=O)(=O)C1. The van der Waals surface area contributed by atoms with E-state index < -0.39 is 27.7 Å². The molecule has 0 saturated carbocycles. The van der Waals surface area contributed by atoms with Crippen LogP contribution in [0.4, 0.5) is 0 Å². The van der Waals surface area contributed by atoms with Crippen LogP contribution in [0.3, 0.4) is 0 Å². The summed E-state index contributed by atoms with van der Waals surface area (Å²) in [7, 11) is -1.62. The number of fused-ring (bicyclic) bond motifs is 1. The summed E-state index contributed by atoms with van der Waals surface area (Å²) >= 11 is 0. The monoisotopic (exact) mass is 363 g/mol. The predicted octanol–water partition coefficient (Wildman–Crippen LogP) is 0.472. The van der Waals surface area contributed by atoms with Crippen LogP contribution >= 0.6 is 0 Å². The zero-order valence-electron chi connectivity index (χ0n) is 14.0. The number of carbonyl (C=O) groups is 2. The second kappa shape index (κ2) is 6.87. The lowest BCUT2D eigenvalue weighted by atomic mass is 10.1. The molecule has 7 nitrogen and oxygen atoms in total. The van der Waals surface area contributed by atoms with Gasteiger partial charge >= 0.3 is 11.8 Å². The number of carbonyl (C=O) groups excluding carboxylic acids is 2. The molecule has 1 atom stereocenters. The van der Waals surface area contributed by atoms with Crippen LogP contribution in [0.2, 0.25) is 0 Å². The van der Waals surface area contributed by atoms with Crippen molar-refractivity contribution in [2.45, 2.75) is 18.9 Å². The summed E-state index contributed by atoms with van der Waals surface area (Å²) in [6, 6.07) is 7.46. The van der Waals surface area contributed by atoms with Crippen LogP contribution < -0.4 is 5.32 Å². The van der Waals surface area contributed by atoms with Crippen molar-refractivity contribution < 1.29 is 18.0 Å². The third-order valence-corrected chi connectivity index (χ3v) is 6.38. The topological polar surface area (TPSA) is 99.3 Å². The summed E-state index contributed by atoms with van der Waals surface area (Å²) in [4.78, 5) is 28.6. The lowest BCUT2D eigenvalue weighted by Crippen LogP contribution is -2.46. The summed E-state index contributed by atoms with van der Waals surface area (Å²) in [5.41, 5.74) is 2.10. The Morgan fingerprint density at radius 1 is 1.32 bits per heavy atom. The van der Waals surface area contributed by atoms with E-state index in [1.165, 1.54) is 11.9 Å². The van der Waals surface area contributed by atoms with Crippen LogP contribution in [-0.2, 0) is 25.8 Å². The molecule has 1 fully saturated rings. The van der Waals surface area contributed by atoms with Crippen LogP contribution in [0.5, 0.6) is 0 Å². The molecule has 3 rings (SSSR count).